The number of rotatable bonds is 2. The first kappa shape index (κ1) is 11.0. The van der Waals surface area contributed by atoms with E-state index >= 15 is 0 Å². The summed E-state index contributed by atoms with van der Waals surface area (Å²) in [6.45, 7) is 7.70. The summed E-state index contributed by atoms with van der Waals surface area (Å²) in [4.78, 5) is 5.45. The summed E-state index contributed by atoms with van der Waals surface area (Å²) in [6.07, 6.45) is 7.21. The maximum Gasteiger partial charge on any atom is 0.0351 e. The molecule has 3 nitrogen and oxygen atoms in total. The van der Waals surface area contributed by atoms with Gasteiger partial charge in [-0.2, -0.15) is 0 Å². The van der Waals surface area contributed by atoms with E-state index in [1.54, 1.807) is 0 Å². The third-order valence-electron chi connectivity index (χ3n) is 4.62. The molecule has 3 aliphatic rings. The van der Waals surface area contributed by atoms with Crippen LogP contribution in [-0.4, -0.2) is 61.2 Å². The molecule has 0 spiro atoms. The molecule has 3 rings (SSSR count). The summed E-state index contributed by atoms with van der Waals surface area (Å²) in [6, 6.07) is 1.82. The Balaban J connectivity index is 1.44. The van der Waals surface area contributed by atoms with Crippen molar-refractivity contribution in [3.8, 4) is 0 Å². The van der Waals surface area contributed by atoms with E-state index in [0.717, 1.165) is 12.1 Å². The average Bonchev–Trinajstić information content (AvgIpc) is 2.60. The van der Waals surface area contributed by atoms with Gasteiger partial charge in [0.25, 0.3) is 0 Å². The van der Waals surface area contributed by atoms with Crippen LogP contribution in [-0.2, 0) is 0 Å². The van der Waals surface area contributed by atoms with E-state index in [1.165, 1.54) is 71.4 Å². The lowest BCUT2D eigenvalue weighted by molar-refractivity contribution is 0.00915. The first-order chi connectivity index (χ1) is 7.93. The predicted octanol–water partition coefficient (Wildman–Crippen LogP) is 0.909. The maximum absolute atomic E-state index is 3.49. The van der Waals surface area contributed by atoms with E-state index in [1.807, 2.05) is 0 Å². The Bertz CT molecular complexity index is 211. The van der Waals surface area contributed by atoms with Crippen LogP contribution in [0.3, 0.4) is 0 Å². The molecule has 16 heavy (non-hydrogen) atoms. The fourth-order valence-corrected chi connectivity index (χ4v) is 3.52. The third kappa shape index (κ3) is 2.27. The highest BCUT2D eigenvalue weighted by molar-refractivity contribution is 4.93. The van der Waals surface area contributed by atoms with Gasteiger partial charge < -0.3 is 5.32 Å². The van der Waals surface area contributed by atoms with Crippen LogP contribution in [0.5, 0.6) is 0 Å². The summed E-state index contributed by atoms with van der Waals surface area (Å²) in [5.41, 5.74) is 0. The maximum atomic E-state index is 3.49. The van der Waals surface area contributed by atoms with Crippen molar-refractivity contribution in [2.45, 2.75) is 44.2 Å². The van der Waals surface area contributed by atoms with Crippen molar-refractivity contribution in [1.82, 2.24) is 15.1 Å². The first-order valence-corrected chi connectivity index (χ1v) is 7.12. The summed E-state index contributed by atoms with van der Waals surface area (Å²) in [5.74, 6) is 0. The van der Waals surface area contributed by atoms with Crippen LogP contribution in [0, 0.1) is 0 Å². The van der Waals surface area contributed by atoms with E-state index in [0.29, 0.717) is 0 Å². The van der Waals surface area contributed by atoms with E-state index in [4.69, 9.17) is 0 Å². The number of hydrogen-bond acceptors (Lipinski definition) is 3. The molecule has 1 saturated carbocycles. The second-order valence-electron chi connectivity index (χ2n) is 5.69. The zero-order chi connectivity index (χ0) is 10.8. The Morgan fingerprint density at radius 2 is 1.56 bits per heavy atom. The van der Waals surface area contributed by atoms with Crippen molar-refractivity contribution in [3.63, 3.8) is 0 Å². The Morgan fingerprint density at radius 1 is 0.750 bits per heavy atom. The summed E-state index contributed by atoms with van der Waals surface area (Å²) in [7, 11) is 0. The fourth-order valence-electron chi connectivity index (χ4n) is 3.52. The molecule has 0 atom stereocenters. The average molecular weight is 223 g/mol. The molecule has 3 heteroatoms. The monoisotopic (exact) mass is 223 g/mol. The van der Waals surface area contributed by atoms with Gasteiger partial charge in [-0.25, -0.2) is 0 Å². The lowest BCUT2D eigenvalue weighted by atomic mass is 10.0. The quantitative estimate of drug-likeness (QED) is 0.751. The molecule has 2 aliphatic heterocycles. The van der Waals surface area contributed by atoms with Gasteiger partial charge in [-0.05, 0) is 32.4 Å². The molecule has 0 unspecified atom stereocenters. The molecule has 0 bridgehead atoms. The van der Waals surface area contributed by atoms with E-state index in [2.05, 4.69) is 15.1 Å². The Kier molecular flexibility index (Phi) is 3.46. The molecular weight excluding hydrogens is 198 g/mol. The zero-order valence-electron chi connectivity index (χ0n) is 10.3. The molecule has 0 aromatic heterocycles. The smallest absolute Gasteiger partial charge is 0.0351 e. The van der Waals surface area contributed by atoms with Crippen molar-refractivity contribution in [3.05, 3.63) is 0 Å². The molecule has 0 aromatic carbocycles. The lowest BCUT2D eigenvalue weighted by Crippen LogP contribution is -2.62. The Labute approximate surface area is 99.2 Å². The van der Waals surface area contributed by atoms with Crippen LogP contribution in [0.2, 0.25) is 0 Å². The molecule has 2 heterocycles. The van der Waals surface area contributed by atoms with Crippen molar-refractivity contribution >= 4 is 0 Å². The number of hydrogen-bond donors (Lipinski definition) is 1. The molecule has 2 saturated heterocycles. The van der Waals surface area contributed by atoms with E-state index in [9.17, 15) is 0 Å². The summed E-state index contributed by atoms with van der Waals surface area (Å²) in [5, 5.41) is 3.49. The van der Waals surface area contributed by atoms with Crippen LogP contribution >= 0.6 is 0 Å². The second-order valence-corrected chi connectivity index (χ2v) is 5.69. The second kappa shape index (κ2) is 5.03. The molecule has 0 aromatic rings. The predicted molar refractivity (Wildman–Crippen MR) is 66.7 cm³/mol. The largest absolute Gasteiger partial charge is 0.315 e. The van der Waals surface area contributed by atoms with Gasteiger partial charge in [0, 0.05) is 38.3 Å². The molecule has 3 fully saturated rings. The fraction of sp³-hybridized carbons (Fsp3) is 1.00. The van der Waals surface area contributed by atoms with Gasteiger partial charge in [-0.1, -0.05) is 12.8 Å². The van der Waals surface area contributed by atoms with Gasteiger partial charge in [-0.3, -0.25) is 9.80 Å². The minimum atomic E-state index is 0.875. The van der Waals surface area contributed by atoms with Crippen LogP contribution in [0.15, 0.2) is 0 Å². The van der Waals surface area contributed by atoms with E-state index < -0.39 is 0 Å². The molecule has 0 amide bonds. The van der Waals surface area contributed by atoms with Crippen molar-refractivity contribution < 1.29 is 0 Å². The van der Waals surface area contributed by atoms with Crippen molar-refractivity contribution in [2.24, 2.45) is 0 Å². The van der Waals surface area contributed by atoms with Gasteiger partial charge in [0.05, 0.1) is 0 Å². The molecule has 0 radical (unpaired) electrons. The molecular formula is C13H25N3. The highest BCUT2D eigenvalue weighted by Crippen LogP contribution is 2.28. The number of likely N-dealkylation sites (tertiary alicyclic amines) is 1. The molecule has 92 valence electrons. The number of nitrogens with one attached hydrogen (secondary N) is 1. The summed E-state index contributed by atoms with van der Waals surface area (Å²) < 4.78 is 0. The standard InChI is InChI=1S/C13H25N3/c1-2-5-12(4-1)16-10-13(11-16)15-8-3-6-14-7-9-15/h12-14H,1-11H2. The lowest BCUT2D eigenvalue weighted by Gasteiger charge is -2.48. The number of nitrogens with zero attached hydrogens (tertiary/aromatic N) is 2. The minimum absolute atomic E-state index is 0.875. The normalized spacial score (nSPS) is 31.5. The highest BCUT2D eigenvalue weighted by atomic mass is 15.3. The van der Waals surface area contributed by atoms with Gasteiger partial charge in [0.1, 0.15) is 0 Å². The van der Waals surface area contributed by atoms with Gasteiger partial charge in [-0.15, -0.1) is 0 Å². The van der Waals surface area contributed by atoms with Crippen molar-refractivity contribution in [1.29, 1.82) is 0 Å². The highest BCUT2D eigenvalue weighted by Gasteiger charge is 2.36. The summed E-state index contributed by atoms with van der Waals surface area (Å²) >= 11 is 0. The SMILES string of the molecule is C1CCC(N2CC(N3CCCNCC3)C2)C1. The first-order valence-electron chi connectivity index (χ1n) is 7.12. The van der Waals surface area contributed by atoms with Gasteiger partial charge in [0.2, 0.25) is 0 Å². The van der Waals surface area contributed by atoms with E-state index in [-0.39, 0.29) is 0 Å². The zero-order valence-corrected chi connectivity index (χ0v) is 10.3. The Hall–Kier alpha value is -0.120. The topological polar surface area (TPSA) is 18.5 Å². The third-order valence-corrected chi connectivity index (χ3v) is 4.62. The van der Waals surface area contributed by atoms with Gasteiger partial charge in [0.15, 0.2) is 0 Å². The van der Waals surface area contributed by atoms with Crippen molar-refractivity contribution in [2.75, 3.05) is 39.3 Å². The Morgan fingerprint density at radius 3 is 2.38 bits per heavy atom. The minimum Gasteiger partial charge on any atom is -0.315 e. The van der Waals surface area contributed by atoms with Crippen LogP contribution < -0.4 is 5.32 Å². The molecule has 1 aliphatic carbocycles. The van der Waals surface area contributed by atoms with Crippen LogP contribution in [0.1, 0.15) is 32.1 Å². The van der Waals surface area contributed by atoms with Gasteiger partial charge >= 0.3 is 0 Å². The van der Waals surface area contributed by atoms with Crippen LogP contribution in [0.4, 0.5) is 0 Å². The molecule has 1 N–H and O–H groups in total. The van der Waals surface area contributed by atoms with Crippen LogP contribution in [0.25, 0.3) is 0 Å².